The maximum atomic E-state index is 4.89. The third-order valence-electron chi connectivity index (χ3n) is 1.44. The number of hydrogen-bond donors (Lipinski definition) is 2. The van der Waals surface area contributed by atoms with E-state index in [9.17, 15) is 0 Å². The number of nitrogens with zero attached hydrogens (tertiary/aromatic N) is 2. The van der Waals surface area contributed by atoms with E-state index >= 15 is 0 Å². The summed E-state index contributed by atoms with van der Waals surface area (Å²) in [6, 6.07) is 0.448. The lowest BCUT2D eigenvalue weighted by atomic mass is 10.6. The molecule has 0 fully saturated rings. The van der Waals surface area contributed by atoms with Crippen LogP contribution in [-0.4, -0.2) is 27.0 Å². The number of hydrogen-bond acceptors (Lipinski definition) is 4. The first kappa shape index (κ1) is 7.23. The van der Waals surface area contributed by atoms with Crippen LogP contribution in [0, 0.1) is 4.77 Å². The maximum Gasteiger partial charge on any atom is 0.295 e. The minimum absolute atomic E-state index is 0.414. The number of H-pyrrole nitrogens is 2. The molecule has 0 bridgehead atoms. The van der Waals surface area contributed by atoms with Gasteiger partial charge in [-0.2, -0.15) is 4.98 Å². The number of aromatic amines is 2. The largest absolute Gasteiger partial charge is 0.468 e. The number of aromatic nitrogens is 4. The molecule has 0 atom stereocenters. The molecule has 6 heteroatoms. The van der Waals surface area contributed by atoms with Crippen LogP contribution in [-0.2, 0) is 0 Å². The minimum Gasteiger partial charge on any atom is -0.468 e. The van der Waals surface area contributed by atoms with Crippen LogP contribution in [0.1, 0.15) is 0 Å². The van der Waals surface area contributed by atoms with Gasteiger partial charge in [0.05, 0.1) is 13.3 Å². The number of methoxy groups -OCH3 is 1. The van der Waals surface area contributed by atoms with Crippen molar-refractivity contribution in [1.82, 2.24) is 19.9 Å². The summed E-state index contributed by atoms with van der Waals surface area (Å²) < 4.78 is 5.30. The van der Waals surface area contributed by atoms with Crippen molar-refractivity contribution >= 4 is 23.4 Å². The topological polar surface area (TPSA) is 66.6 Å². The van der Waals surface area contributed by atoms with Gasteiger partial charge in [0.1, 0.15) is 5.52 Å². The van der Waals surface area contributed by atoms with Gasteiger partial charge in [-0.3, -0.25) is 0 Å². The first-order valence-corrected chi connectivity index (χ1v) is 3.69. The van der Waals surface area contributed by atoms with E-state index in [1.165, 1.54) is 0 Å². The highest BCUT2D eigenvalue weighted by molar-refractivity contribution is 7.71. The predicted octanol–water partition coefficient (Wildman–Crippen LogP) is 1.02. The third-order valence-corrected chi connectivity index (χ3v) is 1.65. The Morgan fingerprint density at radius 3 is 3.08 bits per heavy atom. The number of fused-ring (bicyclic) bond motifs is 1. The molecule has 0 saturated heterocycles. The molecule has 0 aliphatic carbocycles. The summed E-state index contributed by atoms with van der Waals surface area (Å²) in [6.45, 7) is 0. The Hall–Kier alpha value is -1.43. The normalized spacial score (nSPS) is 10.4. The average Bonchev–Trinajstić information content (AvgIpc) is 2.46. The highest BCUT2D eigenvalue weighted by Gasteiger charge is 2.01. The minimum atomic E-state index is 0.414. The zero-order chi connectivity index (χ0) is 8.55. The molecule has 2 aromatic heterocycles. The van der Waals surface area contributed by atoms with E-state index in [2.05, 4.69) is 19.9 Å². The quantitative estimate of drug-likeness (QED) is 0.646. The summed E-state index contributed by atoms with van der Waals surface area (Å²) >= 11 is 4.82. The number of nitrogens with one attached hydrogen (secondary N) is 2. The van der Waals surface area contributed by atoms with Crippen LogP contribution in [0.2, 0.25) is 0 Å². The van der Waals surface area contributed by atoms with Gasteiger partial charge < -0.3 is 14.7 Å². The van der Waals surface area contributed by atoms with E-state index in [1.807, 2.05) is 0 Å². The highest BCUT2D eigenvalue weighted by atomic mass is 32.1. The standard InChI is InChI=1S/C6H6N4OS/c1-11-5-8-3-2-7-6(12)10-4(3)9-5/h2H,1H3,(H2,7,8,9,10,12). The second kappa shape index (κ2) is 2.56. The van der Waals surface area contributed by atoms with Crippen LogP contribution < -0.4 is 4.74 Å². The summed E-state index contributed by atoms with van der Waals surface area (Å²) in [5.74, 6) is 0. The van der Waals surface area contributed by atoms with E-state index < -0.39 is 0 Å². The van der Waals surface area contributed by atoms with Crippen molar-refractivity contribution in [3.63, 3.8) is 0 Å². The maximum absolute atomic E-state index is 4.89. The Kier molecular flexibility index (Phi) is 1.54. The number of imidazole rings is 1. The van der Waals surface area contributed by atoms with Gasteiger partial charge >= 0.3 is 0 Å². The van der Waals surface area contributed by atoms with Crippen molar-refractivity contribution in [2.45, 2.75) is 0 Å². The van der Waals surface area contributed by atoms with Crippen molar-refractivity contribution in [2.24, 2.45) is 0 Å². The monoisotopic (exact) mass is 182 g/mol. The molecule has 2 heterocycles. The van der Waals surface area contributed by atoms with E-state index in [0.29, 0.717) is 16.4 Å². The number of rotatable bonds is 1. The Bertz CT molecular complexity index is 460. The third kappa shape index (κ3) is 1.06. The summed E-state index contributed by atoms with van der Waals surface area (Å²) in [4.78, 5) is 13.7. The van der Waals surface area contributed by atoms with Gasteiger partial charge in [0.15, 0.2) is 10.4 Å². The molecule has 0 aromatic carbocycles. The van der Waals surface area contributed by atoms with Crippen LogP contribution in [0.4, 0.5) is 0 Å². The molecule has 12 heavy (non-hydrogen) atoms. The molecule has 0 spiro atoms. The molecule has 2 rings (SSSR count). The smallest absolute Gasteiger partial charge is 0.295 e. The Balaban J connectivity index is 2.75. The van der Waals surface area contributed by atoms with Crippen LogP contribution >= 0.6 is 12.2 Å². The average molecular weight is 182 g/mol. The van der Waals surface area contributed by atoms with Gasteiger partial charge in [0.25, 0.3) is 6.01 Å². The molecule has 0 aliphatic heterocycles. The first-order valence-electron chi connectivity index (χ1n) is 3.28. The lowest BCUT2D eigenvalue weighted by Gasteiger charge is -1.86. The summed E-state index contributed by atoms with van der Waals surface area (Å²) in [7, 11) is 1.54. The fourth-order valence-electron chi connectivity index (χ4n) is 0.906. The van der Waals surface area contributed by atoms with Crippen LogP contribution in [0.3, 0.4) is 0 Å². The van der Waals surface area contributed by atoms with Gasteiger partial charge in [0, 0.05) is 0 Å². The molecule has 2 aromatic rings. The van der Waals surface area contributed by atoms with Crippen LogP contribution in [0.15, 0.2) is 6.20 Å². The number of ether oxygens (including phenoxy) is 1. The first-order chi connectivity index (χ1) is 5.79. The van der Waals surface area contributed by atoms with Gasteiger partial charge in [-0.05, 0) is 12.2 Å². The molecule has 0 aliphatic rings. The summed E-state index contributed by atoms with van der Waals surface area (Å²) in [5.41, 5.74) is 1.44. The van der Waals surface area contributed by atoms with E-state index in [1.54, 1.807) is 13.3 Å². The molecular weight excluding hydrogens is 176 g/mol. The van der Waals surface area contributed by atoms with Crippen molar-refractivity contribution in [3.05, 3.63) is 11.0 Å². The second-order valence-electron chi connectivity index (χ2n) is 2.20. The molecule has 0 saturated carbocycles. The Labute approximate surface area is 72.8 Å². The van der Waals surface area contributed by atoms with Crippen molar-refractivity contribution in [2.75, 3.05) is 7.11 Å². The van der Waals surface area contributed by atoms with Crippen molar-refractivity contribution in [1.29, 1.82) is 0 Å². The Morgan fingerprint density at radius 1 is 1.50 bits per heavy atom. The predicted molar refractivity (Wildman–Crippen MR) is 45.6 cm³/mol. The lowest BCUT2D eigenvalue weighted by molar-refractivity contribution is 0.386. The zero-order valence-corrected chi connectivity index (χ0v) is 7.10. The van der Waals surface area contributed by atoms with E-state index in [-0.39, 0.29) is 0 Å². The second-order valence-corrected chi connectivity index (χ2v) is 2.58. The molecule has 0 radical (unpaired) electrons. The highest BCUT2D eigenvalue weighted by Crippen LogP contribution is 2.10. The van der Waals surface area contributed by atoms with Gasteiger partial charge in [-0.1, -0.05) is 0 Å². The van der Waals surface area contributed by atoms with Crippen molar-refractivity contribution in [3.8, 4) is 6.01 Å². The molecule has 2 N–H and O–H groups in total. The van der Waals surface area contributed by atoms with Gasteiger partial charge in [0.2, 0.25) is 0 Å². The van der Waals surface area contributed by atoms with Crippen molar-refractivity contribution < 1.29 is 4.74 Å². The molecule has 0 unspecified atom stereocenters. The molecule has 0 amide bonds. The summed E-state index contributed by atoms with van der Waals surface area (Å²) in [6.07, 6.45) is 1.61. The zero-order valence-electron chi connectivity index (χ0n) is 6.29. The molecule has 5 nitrogen and oxygen atoms in total. The Morgan fingerprint density at radius 2 is 2.33 bits per heavy atom. The van der Waals surface area contributed by atoms with Crippen LogP contribution in [0.25, 0.3) is 11.2 Å². The van der Waals surface area contributed by atoms with Crippen LogP contribution in [0.5, 0.6) is 6.01 Å². The van der Waals surface area contributed by atoms with E-state index in [0.717, 1.165) is 5.52 Å². The van der Waals surface area contributed by atoms with Gasteiger partial charge in [-0.25, -0.2) is 4.98 Å². The molecular formula is C6H6N4OS. The lowest BCUT2D eigenvalue weighted by Crippen LogP contribution is -1.82. The summed E-state index contributed by atoms with van der Waals surface area (Å²) in [5, 5.41) is 0. The SMILES string of the molecule is COc1nc2[nH]c(=S)ncc2[nH]1. The van der Waals surface area contributed by atoms with E-state index in [4.69, 9.17) is 17.0 Å². The molecule has 62 valence electrons. The van der Waals surface area contributed by atoms with Gasteiger partial charge in [-0.15, -0.1) is 0 Å². The fraction of sp³-hybridized carbons (Fsp3) is 0.167. The fourth-order valence-corrected chi connectivity index (χ4v) is 1.06.